The number of carbonyl (C=O) groups excluding carboxylic acids is 1. The Labute approximate surface area is 133 Å². The lowest BCUT2D eigenvalue weighted by atomic mass is 9.99. The molecule has 0 spiro atoms. The zero-order chi connectivity index (χ0) is 17.4. The van der Waals surface area contributed by atoms with Gasteiger partial charge in [0, 0.05) is 17.8 Å². The summed E-state index contributed by atoms with van der Waals surface area (Å²) in [6, 6.07) is 1.56. The van der Waals surface area contributed by atoms with Gasteiger partial charge in [-0.25, -0.2) is 4.79 Å². The number of carbonyl (C=O) groups is 2. The van der Waals surface area contributed by atoms with E-state index in [-0.39, 0.29) is 5.91 Å². The van der Waals surface area contributed by atoms with Crippen LogP contribution < -0.4 is 5.32 Å². The van der Waals surface area contributed by atoms with E-state index in [4.69, 9.17) is 4.52 Å². The topological polar surface area (TPSA) is 110 Å². The Balaban J connectivity index is 2.16. The molecule has 0 saturated carbocycles. The molecule has 0 saturated heterocycles. The number of rotatable bonds is 5. The normalized spacial score (nSPS) is 12.9. The SMILES string of the molecule is Cc1noc(C)c1C(C)C(=O)Nc1ccn(C(C)(C)C(=O)O)n1. The highest BCUT2D eigenvalue weighted by molar-refractivity contribution is 5.95. The maximum absolute atomic E-state index is 12.4. The van der Waals surface area contributed by atoms with E-state index >= 15 is 0 Å². The largest absolute Gasteiger partial charge is 0.479 e. The van der Waals surface area contributed by atoms with Crippen LogP contribution >= 0.6 is 0 Å². The van der Waals surface area contributed by atoms with E-state index in [0.29, 0.717) is 17.3 Å². The lowest BCUT2D eigenvalue weighted by molar-refractivity contribution is -0.146. The molecule has 1 amide bonds. The summed E-state index contributed by atoms with van der Waals surface area (Å²) in [7, 11) is 0. The molecule has 2 rings (SSSR count). The van der Waals surface area contributed by atoms with Gasteiger partial charge in [0.05, 0.1) is 11.6 Å². The predicted molar refractivity (Wildman–Crippen MR) is 82.2 cm³/mol. The van der Waals surface area contributed by atoms with Crippen LogP contribution in [0.15, 0.2) is 16.8 Å². The van der Waals surface area contributed by atoms with E-state index < -0.39 is 17.4 Å². The van der Waals surface area contributed by atoms with Crippen LogP contribution in [0, 0.1) is 13.8 Å². The van der Waals surface area contributed by atoms with Crippen molar-refractivity contribution in [3.63, 3.8) is 0 Å². The van der Waals surface area contributed by atoms with Gasteiger partial charge in [0.2, 0.25) is 5.91 Å². The number of hydrogen-bond acceptors (Lipinski definition) is 5. The van der Waals surface area contributed by atoms with Gasteiger partial charge < -0.3 is 14.9 Å². The minimum atomic E-state index is -1.20. The summed E-state index contributed by atoms with van der Waals surface area (Å²) in [6.07, 6.45) is 1.52. The molecule has 2 aromatic rings. The molecule has 8 nitrogen and oxygen atoms in total. The van der Waals surface area contributed by atoms with E-state index in [2.05, 4.69) is 15.6 Å². The Morgan fingerprint density at radius 1 is 1.39 bits per heavy atom. The first kappa shape index (κ1) is 16.7. The van der Waals surface area contributed by atoms with Gasteiger partial charge in [-0.05, 0) is 34.6 Å². The highest BCUT2D eigenvalue weighted by Gasteiger charge is 2.30. The van der Waals surface area contributed by atoms with Crippen LogP contribution in [0.25, 0.3) is 0 Å². The molecule has 1 atom stereocenters. The lowest BCUT2D eigenvalue weighted by Gasteiger charge is -2.19. The van der Waals surface area contributed by atoms with Crippen molar-refractivity contribution in [1.82, 2.24) is 14.9 Å². The molecule has 8 heteroatoms. The highest BCUT2D eigenvalue weighted by atomic mass is 16.5. The Kier molecular flexibility index (Phi) is 4.26. The fraction of sp³-hybridized carbons (Fsp3) is 0.467. The summed E-state index contributed by atoms with van der Waals surface area (Å²) in [4.78, 5) is 23.6. The number of carboxylic acids is 1. The molecule has 0 aliphatic carbocycles. The average Bonchev–Trinajstić information content (AvgIpc) is 3.05. The Bertz CT molecular complexity index is 725. The Morgan fingerprint density at radius 3 is 2.57 bits per heavy atom. The molecule has 0 aromatic carbocycles. The highest BCUT2D eigenvalue weighted by Crippen LogP contribution is 2.24. The van der Waals surface area contributed by atoms with E-state index in [1.54, 1.807) is 26.8 Å². The molecule has 124 valence electrons. The summed E-state index contributed by atoms with van der Waals surface area (Å²) in [5, 5.41) is 19.8. The van der Waals surface area contributed by atoms with Gasteiger partial charge in [-0.15, -0.1) is 0 Å². The van der Waals surface area contributed by atoms with Crippen molar-refractivity contribution in [3.05, 3.63) is 29.3 Å². The zero-order valence-corrected chi connectivity index (χ0v) is 13.7. The number of aromatic nitrogens is 3. The van der Waals surface area contributed by atoms with Crippen LogP contribution in [0.4, 0.5) is 5.82 Å². The third kappa shape index (κ3) is 3.10. The van der Waals surface area contributed by atoms with Crippen molar-refractivity contribution in [3.8, 4) is 0 Å². The van der Waals surface area contributed by atoms with Crippen LogP contribution in [-0.4, -0.2) is 31.9 Å². The maximum atomic E-state index is 12.4. The van der Waals surface area contributed by atoms with Gasteiger partial charge in [-0.2, -0.15) is 5.10 Å². The first-order valence-electron chi connectivity index (χ1n) is 7.17. The maximum Gasteiger partial charge on any atom is 0.331 e. The number of aryl methyl sites for hydroxylation is 2. The van der Waals surface area contributed by atoms with E-state index in [0.717, 1.165) is 5.56 Å². The second kappa shape index (κ2) is 5.86. The number of nitrogens with one attached hydrogen (secondary N) is 1. The number of aliphatic carboxylic acids is 1. The number of hydrogen-bond donors (Lipinski definition) is 2. The third-order valence-electron chi connectivity index (χ3n) is 3.85. The Hall–Kier alpha value is -2.64. The standard InChI is InChI=1S/C15H20N4O4/c1-8(12-9(2)18-23-10(12)3)13(20)16-11-6-7-19(17-11)15(4,5)14(21)22/h6-8H,1-5H3,(H,21,22)(H,16,17,20). The van der Waals surface area contributed by atoms with Crippen molar-refractivity contribution in [2.45, 2.75) is 46.1 Å². The number of amides is 1. The van der Waals surface area contributed by atoms with Crippen molar-refractivity contribution in [2.75, 3.05) is 5.32 Å². The smallest absolute Gasteiger partial charge is 0.331 e. The average molecular weight is 320 g/mol. The molecule has 2 N–H and O–H groups in total. The molecular formula is C15H20N4O4. The van der Waals surface area contributed by atoms with Gasteiger partial charge in [0.25, 0.3) is 0 Å². The van der Waals surface area contributed by atoms with Crippen LogP contribution in [0.5, 0.6) is 0 Å². The zero-order valence-electron chi connectivity index (χ0n) is 13.7. The molecule has 23 heavy (non-hydrogen) atoms. The lowest BCUT2D eigenvalue weighted by Crippen LogP contribution is -2.36. The minimum absolute atomic E-state index is 0.266. The molecule has 0 aliphatic rings. The van der Waals surface area contributed by atoms with E-state index in [9.17, 15) is 14.7 Å². The second-order valence-corrected chi connectivity index (χ2v) is 5.96. The van der Waals surface area contributed by atoms with Crippen molar-refractivity contribution in [2.24, 2.45) is 0 Å². The summed E-state index contributed by atoms with van der Waals surface area (Å²) < 4.78 is 6.37. The molecule has 2 heterocycles. The van der Waals surface area contributed by atoms with Crippen LogP contribution in [-0.2, 0) is 15.1 Å². The first-order valence-corrected chi connectivity index (χ1v) is 7.17. The van der Waals surface area contributed by atoms with Gasteiger partial charge >= 0.3 is 5.97 Å². The molecule has 1 unspecified atom stereocenters. The fourth-order valence-electron chi connectivity index (χ4n) is 2.27. The monoisotopic (exact) mass is 320 g/mol. The van der Waals surface area contributed by atoms with E-state index in [1.807, 2.05) is 0 Å². The Morgan fingerprint density at radius 2 is 2.04 bits per heavy atom. The van der Waals surface area contributed by atoms with Crippen LogP contribution in [0.3, 0.4) is 0 Å². The molecule has 2 aromatic heterocycles. The number of anilines is 1. The van der Waals surface area contributed by atoms with E-state index in [1.165, 1.54) is 24.7 Å². The second-order valence-electron chi connectivity index (χ2n) is 5.96. The van der Waals surface area contributed by atoms with Crippen LogP contribution in [0.1, 0.15) is 43.7 Å². The van der Waals surface area contributed by atoms with Gasteiger partial charge in [0.1, 0.15) is 5.76 Å². The molecule has 0 aliphatic heterocycles. The number of nitrogens with zero attached hydrogens (tertiary/aromatic N) is 3. The predicted octanol–water partition coefficient (Wildman–Crippen LogP) is 2.05. The van der Waals surface area contributed by atoms with Gasteiger partial charge in [-0.3, -0.25) is 9.48 Å². The summed E-state index contributed by atoms with van der Waals surface area (Å²) >= 11 is 0. The van der Waals surface area contributed by atoms with Crippen molar-refractivity contribution >= 4 is 17.7 Å². The third-order valence-corrected chi connectivity index (χ3v) is 3.85. The van der Waals surface area contributed by atoms with Crippen molar-refractivity contribution < 1.29 is 19.2 Å². The minimum Gasteiger partial charge on any atom is -0.479 e. The van der Waals surface area contributed by atoms with Crippen molar-refractivity contribution in [1.29, 1.82) is 0 Å². The summed E-state index contributed by atoms with van der Waals surface area (Å²) in [5.74, 6) is -0.843. The molecular weight excluding hydrogens is 300 g/mol. The van der Waals surface area contributed by atoms with Crippen LogP contribution in [0.2, 0.25) is 0 Å². The molecule has 0 fully saturated rings. The number of carboxylic acid groups (broad SMARTS) is 1. The summed E-state index contributed by atoms with van der Waals surface area (Å²) in [5.41, 5.74) is 0.214. The quantitative estimate of drug-likeness (QED) is 0.872. The first-order chi connectivity index (χ1) is 10.6. The van der Waals surface area contributed by atoms with Gasteiger partial charge in [-0.1, -0.05) is 5.16 Å². The molecule has 0 bridgehead atoms. The molecule has 0 radical (unpaired) electrons. The van der Waals surface area contributed by atoms with Gasteiger partial charge in [0.15, 0.2) is 11.4 Å². The summed E-state index contributed by atoms with van der Waals surface area (Å²) in [6.45, 7) is 8.34. The fourth-order valence-corrected chi connectivity index (χ4v) is 2.27.